The molecule has 304 valence electrons. The number of alkyl halides is 6. The zero-order chi connectivity index (χ0) is 42.7. The van der Waals surface area contributed by atoms with Crippen LogP contribution in [0.2, 0.25) is 0 Å². The number of aromatic amines is 1. The summed E-state index contributed by atoms with van der Waals surface area (Å²) in [5.74, 6) is -7.24. The number of carboxylic acids is 2. The van der Waals surface area contributed by atoms with Crippen LogP contribution in [0.3, 0.4) is 0 Å². The van der Waals surface area contributed by atoms with Crippen LogP contribution in [0.25, 0.3) is 5.69 Å². The minimum Gasteiger partial charge on any atom is -0.489 e. The van der Waals surface area contributed by atoms with Gasteiger partial charge < -0.3 is 31.3 Å². The molecule has 0 aliphatic heterocycles. The van der Waals surface area contributed by atoms with E-state index in [-0.39, 0.29) is 47.7 Å². The molecule has 0 bridgehead atoms. The third-order valence-electron chi connectivity index (χ3n) is 7.83. The molecule has 0 radical (unpaired) electrons. The van der Waals surface area contributed by atoms with Crippen molar-refractivity contribution in [2.75, 3.05) is 20.7 Å². The van der Waals surface area contributed by atoms with Gasteiger partial charge in [-0.2, -0.15) is 31.0 Å². The number of amides is 1. The predicted octanol–water partition coefficient (Wildman–Crippen LogP) is 4.62. The van der Waals surface area contributed by atoms with Gasteiger partial charge in [-0.05, 0) is 63.2 Å². The van der Waals surface area contributed by atoms with Crippen molar-refractivity contribution in [2.45, 2.75) is 51.0 Å². The second-order valence-corrected chi connectivity index (χ2v) is 12.1. The monoisotopic (exact) mass is 801 g/mol. The van der Waals surface area contributed by atoms with E-state index in [1.807, 2.05) is 32.8 Å². The standard InChI is InChI=1S/C31H36FN7O3.2C2HF3O2/c1-5-19-14-23(27(32)26(16-19)42-17-18(2)38(3)4)24(15-20-10-12-21(13-11-20)28(33)34)30-36-31(41)39(37-30)25-9-7-6-8-22(25)29(35)40;2*3-2(4,5)1(6)7/h6-14,16,18,24H,5,15,17H2,1-4H3,(H3,33,34)(H2,35,40)(H,36,37,41);2*(H,6,7). The molecule has 8 N–H and O–H groups in total. The summed E-state index contributed by atoms with van der Waals surface area (Å²) in [6, 6.07) is 16.9. The molecule has 14 nitrogen and oxygen atoms in total. The summed E-state index contributed by atoms with van der Waals surface area (Å²) in [5.41, 5.74) is 13.4. The normalized spacial score (nSPS) is 12.4. The molecule has 0 fully saturated rings. The van der Waals surface area contributed by atoms with Gasteiger partial charge in [-0.1, -0.05) is 49.4 Å². The summed E-state index contributed by atoms with van der Waals surface area (Å²) >= 11 is 0. The number of para-hydroxylation sites is 1. The number of likely N-dealkylation sites (N-methyl/N-ethyl adjacent to an activating group) is 1. The number of ether oxygens (including phenoxy) is 1. The molecule has 1 amide bonds. The Balaban J connectivity index is 0.000000657. The van der Waals surface area contributed by atoms with Crippen LogP contribution < -0.4 is 21.9 Å². The zero-order valence-electron chi connectivity index (χ0n) is 30.1. The van der Waals surface area contributed by atoms with Gasteiger partial charge in [-0.3, -0.25) is 15.2 Å². The van der Waals surface area contributed by atoms with Crippen LogP contribution in [0, 0.1) is 11.2 Å². The first-order valence-electron chi connectivity index (χ1n) is 16.1. The van der Waals surface area contributed by atoms with Crippen LogP contribution in [0.4, 0.5) is 30.7 Å². The summed E-state index contributed by atoms with van der Waals surface area (Å²) in [4.78, 5) is 47.8. The zero-order valence-corrected chi connectivity index (χ0v) is 30.1. The van der Waals surface area contributed by atoms with E-state index >= 15 is 4.39 Å². The number of benzene rings is 3. The molecule has 0 spiro atoms. The Labute approximate surface area is 314 Å². The van der Waals surface area contributed by atoms with Crippen molar-refractivity contribution in [3.63, 3.8) is 0 Å². The van der Waals surface area contributed by atoms with Gasteiger partial charge in [0, 0.05) is 17.2 Å². The van der Waals surface area contributed by atoms with E-state index in [1.54, 1.807) is 54.6 Å². The number of carbonyl (C=O) groups is 3. The Morgan fingerprint density at radius 2 is 1.48 bits per heavy atom. The molecule has 4 rings (SSSR count). The van der Waals surface area contributed by atoms with Gasteiger partial charge in [0.05, 0.1) is 17.2 Å². The number of carbonyl (C=O) groups excluding carboxylic acids is 1. The van der Waals surface area contributed by atoms with Crippen LogP contribution in [-0.2, 0) is 22.4 Å². The van der Waals surface area contributed by atoms with Crippen molar-refractivity contribution < 1.29 is 60.1 Å². The lowest BCUT2D eigenvalue weighted by atomic mass is 9.89. The number of nitrogens with one attached hydrogen (secondary N) is 2. The van der Waals surface area contributed by atoms with Crippen molar-refractivity contribution in [1.82, 2.24) is 19.7 Å². The SMILES string of the molecule is CCc1cc(OCC(C)N(C)C)c(F)c(C(Cc2ccc(C(=N)N)cc2)c2nn(-c3ccccc3C(N)=O)c(=O)[nH]2)c1.O=C(O)C(F)(F)F.O=C(O)C(F)(F)F. The van der Waals surface area contributed by atoms with Crippen LogP contribution >= 0.6 is 0 Å². The van der Waals surface area contributed by atoms with Crippen LogP contribution in [-0.4, -0.2) is 92.7 Å². The van der Waals surface area contributed by atoms with Gasteiger partial charge in [0.1, 0.15) is 18.3 Å². The molecule has 0 aliphatic carbocycles. The summed E-state index contributed by atoms with van der Waals surface area (Å²) in [6.45, 7) is 4.23. The first-order valence-corrected chi connectivity index (χ1v) is 16.1. The number of rotatable bonds is 12. The van der Waals surface area contributed by atoms with E-state index < -0.39 is 47.6 Å². The van der Waals surface area contributed by atoms with Crippen molar-refractivity contribution in [3.8, 4) is 11.4 Å². The quantitative estimate of drug-likeness (QED) is 0.0662. The number of hydrogen-bond acceptors (Lipinski definition) is 8. The maximum Gasteiger partial charge on any atom is 0.490 e. The fourth-order valence-corrected chi connectivity index (χ4v) is 4.54. The fourth-order valence-electron chi connectivity index (χ4n) is 4.54. The first kappa shape index (κ1) is 45.9. The molecule has 56 heavy (non-hydrogen) atoms. The van der Waals surface area contributed by atoms with Crippen molar-refractivity contribution in [1.29, 1.82) is 5.41 Å². The molecule has 2 atom stereocenters. The average molecular weight is 802 g/mol. The first-order chi connectivity index (χ1) is 25.9. The lowest BCUT2D eigenvalue weighted by molar-refractivity contribution is -0.193. The Morgan fingerprint density at radius 1 is 0.946 bits per heavy atom. The molecule has 0 saturated carbocycles. The Morgan fingerprint density at radius 3 is 1.95 bits per heavy atom. The van der Waals surface area contributed by atoms with Crippen molar-refractivity contribution in [3.05, 3.63) is 111 Å². The highest BCUT2D eigenvalue weighted by Crippen LogP contribution is 2.34. The van der Waals surface area contributed by atoms with E-state index in [0.717, 1.165) is 15.8 Å². The molecule has 21 heteroatoms. The lowest BCUT2D eigenvalue weighted by Crippen LogP contribution is -2.30. The fraction of sp³-hybridized carbons (Fsp3) is 0.314. The number of carboxylic acid groups (broad SMARTS) is 2. The van der Waals surface area contributed by atoms with Crippen molar-refractivity contribution in [2.24, 2.45) is 11.5 Å². The Bertz CT molecular complexity index is 2040. The molecular weight excluding hydrogens is 763 g/mol. The maximum atomic E-state index is 16.3. The molecule has 0 aliphatic rings. The third-order valence-corrected chi connectivity index (χ3v) is 7.83. The molecule has 1 aromatic heterocycles. The molecular formula is C35H38F7N7O7. The summed E-state index contributed by atoms with van der Waals surface area (Å²) in [6.07, 6.45) is -9.27. The average Bonchev–Trinajstić information content (AvgIpc) is 3.50. The Kier molecular flexibility index (Phi) is 15.9. The van der Waals surface area contributed by atoms with Gasteiger partial charge in [0.15, 0.2) is 11.6 Å². The lowest BCUT2D eigenvalue weighted by Gasteiger charge is -2.22. The van der Waals surface area contributed by atoms with E-state index in [9.17, 15) is 35.9 Å². The topological polar surface area (TPSA) is 231 Å². The van der Waals surface area contributed by atoms with E-state index in [4.69, 9.17) is 41.4 Å². The number of hydrogen-bond donors (Lipinski definition) is 6. The second kappa shape index (κ2) is 19.4. The summed E-state index contributed by atoms with van der Waals surface area (Å²) in [7, 11) is 3.85. The van der Waals surface area contributed by atoms with Crippen LogP contribution in [0.5, 0.6) is 5.75 Å². The van der Waals surface area contributed by atoms with E-state index in [0.29, 0.717) is 17.5 Å². The third kappa shape index (κ3) is 13.0. The number of aliphatic carboxylic acids is 2. The minimum atomic E-state index is -5.08. The highest BCUT2D eigenvalue weighted by atomic mass is 19.4. The number of aryl methyl sites for hydroxylation is 1. The smallest absolute Gasteiger partial charge is 0.489 e. The predicted molar refractivity (Wildman–Crippen MR) is 188 cm³/mol. The second-order valence-electron chi connectivity index (χ2n) is 12.1. The van der Waals surface area contributed by atoms with Gasteiger partial charge in [0.25, 0.3) is 5.91 Å². The summed E-state index contributed by atoms with van der Waals surface area (Å²) in [5, 5.41) is 26.5. The number of halogens is 7. The number of H-pyrrole nitrogens is 1. The maximum absolute atomic E-state index is 16.3. The number of nitrogen functional groups attached to an aromatic ring is 1. The number of amidine groups is 1. The molecule has 4 aromatic rings. The van der Waals surface area contributed by atoms with Crippen LogP contribution in [0.15, 0.2) is 65.5 Å². The van der Waals surface area contributed by atoms with Crippen molar-refractivity contribution >= 4 is 23.7 Å². The van der Waals surface area contributed by atoms with E-state index in [2.05, 4.69) is 10.1 Å². The molecule has 0 saturated heterocycles. The van der Waals surface area contributed by atoms with Gasteiger partial charge in [0.2, 0.25) is 0 Å². The number of nitrogens with two attached hydrogens (primary N) is 2. The molecule has 3 aromatic carbocycles. The highest BCUT2D eigenvalue weighted by Gasteiger charge is 2.39. The Hall–Kier alpha value is -6.25. The molecule has 1 heterocycles. The summed E-state index contributed by atoms with van der Waals surface area (Å²) < 4.78 is 86.8. The van der Waals surface area contributed by atoms with E-state index in [1.165, 1.54) is 6.07 Å². The molecule has 2 unspecified atom stereocenters. The minimum absolute atomic E-state index is 0.0473. The van der Waals surface area contributed by atoms with Gasteiger partial charge in [-0.25, -0.2) is 18.8 Å². The van der Waals surface area contributed by atoms with Crippen LogP contribution in [0.1, 0.15) is 58.2 Å². The number of aromatic nitrogens is 3. The number of primary amides is 1. The largest absolute Gasteiger partial charge is 0.490 e. The van der Waals surface area contributed by atoms with Gasteiger partial charge in [-0.15, -0.1) is 5.10 Å². The highest BCUT2D eigenvalue weighted by molar-refractivity contribution is 5.96. The number of nitrogens with zero attached hydrogens (tertiary/aromatic N) is 3. The van der Waals surface area contributed by atoms with Gasteiger partial charge >= 0.3 is 30.0 Å².